The molecule has 1 atom stereocenters. The number of imidazole rings is 1. The summed E-state index contributed by atoms with van der Waals surface area (Å²) < 4.78 is 12.5. The zero-order valence-electron chi connectivity index (χ0n) is 12.8. The molecular weight excluding hydrogens is 296 g/mol. The quantitative estimate of drug-likeness (QED) is 0.908. The van der Waals surface area contributed by atoms with E-state index < -0.39 is 0 Å². The van der Waals surface area contributed by atoms with Gasteiger partial charge in [-0.3, -0.25) is 0 Å². The van der Waals surface area contributed by atoms with Gasteiger partial charge in [0.15, 0.2) is 11.5 Å². The number of aryl methyl sites for hydroxylation is 1. The molecule has 0 spiro atoms. The van der Waals surface area contributed by atoms with E-state index in [0.29, 0.717) is 23.1 Å². The third-order valence-electron chi connectivity index (χ3n) is 4.15. The predicted octanol–water partition coefficient (Wildman–Crippen LogP) is 2.42. The summed E-state index contributed by atoms with van der Waals surface area (Å²) in [6.07, 6.45) is 5.87. The molecule has 1 aromatic heterocycles. The highest BCUT2D eigenvalue weighted by molar-refractivity contribution is 5.90. The van der Waals surface area contributed by atoms with Crippen LogP contribution in [0.1, 0.15) is 24.7 Å². The van der Waals surface area contributed by atoms with Crippen LogP contribution < -0.4 is 20.1 Å². The number of aromatic nitrogens is 2. The number of hydrogen-bond donors (Lipinski definition) is 2. The Balaban J connectivity index is 1.45. The van der Waals surface area contributed by atoms with E-state index in [1.807, 2.05) is 17.8 Å². The number of anilines is 1. The number of nitrogens with zero attached hydrogens (tertiary/aromatic N) is 2. The lowest BCUT2D eigenvalue weighted by Crippen LogP contribution is -2.35. The number of carbonyl (C=O) groups is 1. The lowest BCUT2D eigenvalue weighted by molar-refractivity contribution is 0.174. The van der Waals surface area contributed by atoms with Crippen LogP contribution >= 0.6 is 0 Å². The van der Waals surface area contributed by atoms with Gasteiger partial charge in [0.1, 0.15) is 5.82 Å². The predicted molar refractivity (Wildman–Crippen MR) is 83.4 cm³/mol. The summed E-state index contributed by atoms with van der Waals surface area (Å²) in [4.78, 5) is 16.7. The standard InChI is InChI=1S/C16H18N4O3/c1-20-7-6-17-15(20)14(10-2-3-10)19-16(21)18-11-4-5-12-13(8-11)23-9-22-12/h4-8,10,14H,2-3,9H2,1H3,(H2,18,19,21)/t14-/m1/s1. The minimum atomic E-state index is -0.247. The summed E-state index contributed by atoms with van der Waals surface area (Å²) in [5.41, 5.74) is 0.668. The molecule has 1 aromatic carbocycles. The van der Waals surface area contributed by atoms with Crippen LogP contribution in [0.3, 0.4) is 0 Å². The minimum absolute atomic E-state index is 0.0657. The van der Waals surface area contributed by atoms with Gasteiger partial charge in [0, 0.05) is 31.2 Å². The molecule has 1 aliphatic carbocycles. The molecule has 1 aliphatic heterocycles. The van der Waals surface area contributed by atoms with E-state index in [1.165, 1.54) is 0 Å². The van der Waals surface area contributed by atoms with Crippen LogP contribution in [0.15, 0.2) is 30.6 Å². The van der Waals surface area contributed by atoms with Gasteiger partial charge in [0.25, 0.3) is 0 Å². The second kappa shape index (κ2) is 5.49. The van der Waals surface area contributed by atoms with Gasteiger partial charge in [0.05, 0.1) is 6.04 Å². The molecule has 7 nitrogen and oxygen atoms in total. The number of carbonyl (C=O) groups excluding carboxylic acids is 1. The maximum atomic E-state index is 12.3. The maximum absolute atomic E-state index is 12.3. The number of ether oxygens (including phenoxy) is 2. The fraction of sp³-hybridized carbons (Fsp3) is 0.375. The first-order chi connectivity index (χ1) is 11.2. The summed E-state index contributed by atoms with van der Waals surface area (Å²) in [6, 6.07) is 5.02. The van der Waals surface area contributed by atoms with Gasteiger partial charge in [0.2, 0.25) is 6.79 Å². The van der Waals surface area contributed by atoms with E-state index in [9.17, 15) is 4.79 Å². The molecule has 2 N–H and O–H groups in total. The summed E-state index contributed by atoms with van der Waals surface area (Å²) in [5.74, 6) is 2.68. The Morgan fingerprint density at radius 1 is 1.35 bits per heavy atom. The summed E-state index contributed by atoms with van der Waals surface area (Å²) in [6.45, 7) is 0.216. The van der Waals surface area contributed by atoms with Gasteiger partial charge in [-0.05, 0) is 30.9 Å². The molecule has 4 rings (SSSR count). The Bertz CT molecular complexity index is 739. The van der Waals surface area contributed by atoms with E-state index in [1.54, 1.807) is 24.4 Å². The highest BCUT2D eigenvalue weighted by atomic mass is 16.7. The normalized spacial score (nSPS) is 16.9. The highest BCUT2D eigenvalue weighted by Gasteiger charge is 2.35. The number of rotatable bonds is 4. The zero-order valence-corrected chi connectivity index (χ0v) is 12.8. The Kier molecular flexibility index (Phi) is 3.33. The Hall–Kier alpha value is -2.70. The first-order valence-electron chi connectivity index (χ1n) is 7.65. The summed E-state index contributed by atoms with van der Waals surface area (Å²) in [5, 5.41) is 5.88. The van der Waals surface area contributed by atoms with Gasteiger partial charge >= 0.3 is 6.03 Å². The lowest BCUT2D eigenvalue weighted by atomic mass is 10.1. The lowest BCUT2D eigenvalue weighted by Gasteiger charge is -2.18. The average molecular weight is 314 g/mol. The third-order valence-corrected chi connectivity index (χ3v) is 4.15. The van der Waals surface area contributed by atoms with E-state index in [2.05, 4.69) is 15.6 Å². The molecule has 0 saturated heterocycles. The number of fused-ring (bicyclic) bond motifs is 1. The van der Waals surface area contributed by atoms with Gasteiger partial charge in [-0.2, -0.15) is 0 Å². The molecule has 2 heterocycles. The third kappa shape index (κ3) is 2.81. The van der Waals surface area contributed by atoms with Crippen molar-refractivity contribution in [3.63, 3.8) is 0 Å². The first-order valence-corrected chi connectivity index (χ1v) is 7.65. The zero-order chi connectivity index (χ0) is 15.8. The van der Waals surface area contributed by atoms with E-state index >= 15 is 0 Å². The van der Waals surface area contributed by atoms with Crippen molar-refractivity contribution in [3.05, 3.63) is 36.4 Å². The van der Waals surface area contributed by atoms with Crippen molar-refractivity contribution in [2.75, 3.05) is 12.1 Å². The first kappa shape index (κ1) is 13.9. The van der Waals surface area contributed by atoms with Crippen LogP contribution in [0.25, 0.3) is 0 Å². The smallest absolute Gasteiger partial charge is 0.319 e. The van der Waals surface area contributed by atoms with Crippen molar-refractivity contribution in [2.24, 2.45) is 13.0 Å². The van der Waals surface area contributed by atoms with Crippen molar-refractivity contribution >= 4 is 11.7 Å². The van der Waals surface area contributed by atoms with Crippen LogP contribution in [-0.2, 0) is 7.05 Å². The van der Waals surface area contributed by atoms with Crippen molar-refractivity contribution in [2.45, 2.75) is 18.9 Å². The van der Waals surface area contributed by atoms with Crippen molar-refractivity contribution in [1.82, 2.24) is 14.9 Å². The Morgan fingerprint density at radius 2 is 2.17 bits per heavy atom. The molecule has 0 bridgehead atoms. The van der Waals surface area contributed by atoms with Crippen molar-refractivity contribution in [1.29, 1.82) is 0 Å². The van der Waals surface area contributed by atoms with Crippen molar-refractivity contribution in [3.8, 4) is 11.5 Å². The monoisotopic (exact) mass is 314 g/mol. The van der Waals surface area contributed by atoms with E-state index in [0.717, 1.165) is 18.7 Å². The minimum Gasteiger partial charge on any atom is -0.454 e. The SMILES string of the molecule is Cn1ccnc1[C@H](NC(=O)Nc1ccc2c(c1)OCO2)C1CC1. The van der Waals surface area contributed by atoms with Crippen LogP contribution in [0.5, 0.6) is 11.5 Å². The maximum Gasteiger partial charge on any atom is 0.319 e. The Labute approximate surface area is 133 Å². The Morgan fingerprint density at radius 3 is 2.91 bits per heavy atom. The van der Waals surface area contributed by atoms with Crippen LogP contribution in [0.2, 0.25) is 0 Å². The van der Waals surface area contributed by atoms with Gasteiger partial charge < -0.3 is 24.7 Å². The molecular formula is C16H18N4O3. The fourth-order valence-electron chi connectivity index (χ4n) is 2.78. The fourth-order valence-corrected chi connectivity index (χ4v) is 2.78. The van der Waals surface area contributed by atoms with E-state index in [4.69, 9.17) is 9.47 Å². The summed E-state index contributed by atoms with van der Waals surface area (Å²) >= 11 is 0. The second-order valence-corrected chi connectivity index (χ2v) is 5.88. The molecule has 7 heteroatoms. The second-order valence-electron chi connectivity index (χ2n) is 5.88. The summed E-state index contributed by atoms with van der Waals surface area (Å²) in [7, 11) is 1.94. The highest BCUT2D eigenvalue weighted by Crippen LogP contribution is 2.40. The number of nitrogens with one attached hydrogen (secondary N) is 2. The van der Waals surface area contributed by atoms with Gasteiger partial charge in [-0.1, -0.05) is 0 Å². The van der Waals surface area contributed by atoms with Gasteiger partial charge in [-0.15, -0.1) is 0 Å². The number of urea groups is 1. The molecule has 0 unspecified atom stereocenters. The molecule has 120 valence electrons. The molecule has 1 saturated carbocycles. The largest absolute Gasteiger partial charge is 0.454 e. The molecule has 23 heavy (non-hydrogen) atoms. The molecule has 2 aliphatic rings. The van der Waals surface area contributed by atoms with Gasteiger partial charge in [-0.25, -0.2) is 9.78 Å². The molecule has 2 aromatic rings. The molecule has 1 fully saturated rings. The molecule has 2 amide bonds. The van der Waals surface area contributed by atoms with Crippen LogP contribution in [-0.4, -0.2) is 22.4 Å². The van der Waals surface area contributed by atoms with E-state index in [-0.39, 0.29) is 18.9 Å². The average Bonchev–Trinajstić information content (AvgIpc) is 3.12. The number of amides is 2. The van der Waals surface area contributed by atoms with Crippen LogP contribution in [0.4, 0.5) is 10.5 Å². The number of hydrogen-bond acceptors (Lipinski definition) is 4. The number of benzene rings is 1. The van der Waals surface area contributed by atoms with Crippen LogP contribution in [0, 0.1) is 5.92 Å². The van der Waals surface area contributed by atoms with Crippen molar-refractivity contribution < 1.29 is 14.3 Å². The molecule has 0 radical (unpaired) electrons. The topological polar surface area (TPSA) is 77.4 Å².